The third-order valence-corrected chi connectivity index (χ3v) is 4.45. The number of rotatable bonds is 1. The van der Waals surface area contributed by atoms with Crippen molar-refractivity contribution in [2.24, 2.45) is 0 Å². The number of halogens is 2. The highest BCUT2D eigenvalue weighted by molar-refractivity contribution is 9.10. The fraction of sp³-hybridized carbons (Fsp3) is 0.417. The van der Waals surface area contributed by atoms with Crippen LogP contribution in [0.2, 0.25) is 5.02 Å². The zero-order valence-electron chi connectivity index (χ0n) is 10.2. The summed E-state index contributed by atoms with van der Waals surface area (Å²) in [7, 11) is 0. The average molecular weight is 345 g/mol. The predicted octanol–water partition coefficient (Wildman–Crippen LogP) is 2.17. The summed E-state index contributed by atoms with van der Waals surface area (Å²) < 4.78 is 5.82. The molecule has 1 fully saturated rings. The molecule has 1 aliphatic rings. The smallest absolute Gasteiger partial charge is 0.257 e. The van der Waals surface area contributed by atoms with E-state index in [0.29, 0.717) is 28.2 Å². The van der Waals surface area contributed by atoms with E-state index in [2.05, 4.69) is 20.9 Å². The lowest BCUT2D eigenvalue weighted by molar-refractivity contribution is 0.00345. The Morgan fingerprint density at radius 3 is 3.16 bits per heavy atom. The first-order chi connectivity index (χ1) is 9.04. The van der Waals surface area contributed by atoms with Gasteiger partial charge in [-0.3, -0.25) is 9.78 Å². The fourth-order valence-corrected chi connectivity index (χ4v) is 2.37. The first-order valence-electron chi connectivity index (χ1n) is 5.65. The Kier molecular flexibility index (Phi) is 4.40. The third kappa shape index (κ3) is 2.89. The molecule has 2 rings (SSSR count). The maximum absolute atomic E-state index is 12.4. The molecule has 5 nitrogen and oxygen atoms in total. The fourth-order valence-electron chi connectivity index (χ4n) is 1.78. The van der Waals surface area contributed by atoms with Gasteiger partial charge >= 0.3 is 0 Å². The van der Waals surface area contributed by atoms with Gasteiger partial charge in [0.1, 0.15) is 0 Å². The first kappa shape index (κ1) is 14.3. The van der Waals surface area contributed by atoms with Crippen molar-refractivity contribution >= 4 is 33.4 Å². The molecule has 1 aromatic heterocycles. The Morgan fingerprint density at radius 1 is 1.74 bits per heavy atom. The molecule has 1 aliphatic heterocycles. The molecule has 7 heteroatoms. The number of pyridine rings is 1. The number of ether oxygens (including phenoxy) is 1. The van der Waals surface area contributed by atoms with Crippen LogP contribution in [0.15, 0.2) is 10.7 Å². The molecule has 1 amide bonds. The van der Waals surface area contributed by atoms with Gasteiger partial charge in [-0.2, -0.15) is 5.26 Å². The zero-order valence-corrected chi connectivity index (χ0v) is 12.5. The van der Waals surface area contributed by atoms with Gasteiger partial charge < -0.3 is 9.64 Å². The van der Waals surface area contributed by atoms with Crippen molar-refractivity contribution in [3.63, 3.8) is 0 Å². The highest BCUT2D eigenvalue weighted by Crippen LogP contribution is 2.29. The molecule has 0 spiro atoms. The molecule has 19 heavy (non-hydrogen) atoms. The maximum atomic E-state index is 12.4. The number of carbonyl (C=O) groups excluding carboxylic acids is 1. The number of nitriles is 1. The normalized spacial score (nSPS) is 19.1. The second-order valence-corrected chi connectivity index (χ2v) is 5.30. The van der Waals surface area contributed by atoms with E-state index in [1.54, 1.807) is 11.8 Å². The van der Waals surface area contributed by atoms with E-state index in [-0.39, 0.29) is 12.5 Å². The van der Waals surface area contributed by atoms with Crippen LogP contribution in [0.3, 0.4) is 0 Å². The van der Waals surface area contributed by atoms with Gasteiger partial charge in [0.25, 0.3) is 5.91 Å². The van der Waals surface area contributed by atoms with E-state index in [1.807, 2.05) is 6.07 Å². The minimum Gasteiger partial charge on any atom is -0.360 e. The lowest BCUT2D eigenvalue weighted by atomic mass is 10.2. The standard InChI is InChI=1S/C12H11BrClN3O2/c1-7-10(13)11(14)9(5-16-7)12(18)17-2-3-19-8(4-15)6-17/h5,8H,2-3,6H2,1H3/t8-/m0/s1. The second kappa shape index (κ2) is 5.87. The number of aryl methyl sites for hydroxylation is 1. The SMILES string of the molecule is Cc1ncc(C(=O)N2CCO[C@@H](C#N)C2)c(Cl)c1Br. The Morgan fingerprint density at radius 2 is 2.47 bits per heavy atom. The lowest BCUT2D eigenvalue weighted by Gasteiger charge is -2.30. The summed E-state index contributed by atoms with van der Waals surface area (Å²) in [6, 6.07) is 2.00. The van der Waals surface area contributed by atoms with Crippen molar-refractivity contribution in [2.75, 3.05) is 19.7 Å². The molecule has 0 N–H and O–H groups in total. The molecule has 1 atom stereocenters. The van der Waals surface area contributed by atoms with Crippen molar-refractivity contribution in [2.45, 2.75) is 13.0 Å². The van der Waals surface area contributed by atoms with Gasteiger partial charge in [-0.05, 0) is 22.9 Å². The van der Waals surface area contributed by atoms with Crippen LogP contribution < -0.4 is 0 Å². The topological polar surface area (TPSA) is 66.2 Å². The molecule has 0 aromatic carbocycles. The van der Waals surface area contributed by atoms with Gasteiger partial charge in [0.15, 0.2) is 6.10 Å². The maximum Gasteiger partial charge on any atom is 0.257 e. The Labute approximate surface area is 124 Å². The molecule has 0 aliphatic carbocycles. The van der Waals surface area contributed by atoms with E-state index in [1.165, 1.54) is 6.20 Å². The summed E-state index contributed by atoms with van der Waals surface area (Å²) in [5.41, 5.74) is 1.05. The molecule has 0 saturated carbocycles. The van der Waals surface area contributed by atoms with Gasteiger partial charge in [0, 0.05) is 12.7 Å². The van der Waals surface area contributed by atoms with Crippen molar-refractivity contribution in [1.82, 2.24) is 9.88 Å². The third-order valence-electron chi connectivity index (χ3n) is 2.86. The number of hydrogen-bond donors (Lipinski definition) is 0. The molecule has 1 saturated heterocycles. The Hall–Kier alpha value is -1.16. The van der Waals surface area contributed by atoms with Crippen LogP contribution in [0.4, 0.5) is 0 Å². The van der Waals surface area contributed by atoms with E-state index < -0.39 is 6.10 Å². The Balaban J connectivity index is 2.25. The summed E-state index contributed by atoms with van der Waals surface area (Å²) in [6.07, 6.45) is 0.875. The average Bonchev–Trinajstić information content (AvgIpc) is 2.44. The van der Waals surface area contributed by atoms with Gasteiger partial charge in [-0.1, -0.05) is 11.6 Å². The van der Waals surface area contributed by atoms with E-state index in [9.17, 15) is 4.79 Å². The monoisotopic (exact) mass is 343 g/mol. The van der Waals surface area contributed by atoms with Crippen LogP contribution in [0.25, 0.3) is 0 Å². The van der Waals surface area contributed by atoms with Gasteiger partial charge in [-0.15, -0.1) is 0 Å². The van der Waals surface area contributed by atoms with E-state index in [4.69, 9.17) is 21.6 Å². The minimum absolute atomic E-state index is 0.234. The first-order valence-corrected chi connectivity index (χ1v) is 6.82. The summed E-state index contributed by atoms with van der Waals surface area (Å²) in [4.78, 5) is 18.0. The summed E-state index contributed by atoms with van der Waals surface area (Å²) in [6.45, 7) is 2.84. The largest absolute Gasteiger partial charge is 0.360 e. The second-order valence-electron chi connectivity index (χ2n) is 4.12. The zero-order chi connectivity index (χ0) is 14.0. The molecule has 100 valence electrons. The molecule has 0 radical (unpaired) electrons. The highest BCUT2D eigenvalue weighted by atomic mass is 79.9. The van der Waals surface area contributed by atoms with Crippen molar-refractivity contribution in [3.8, 4) is 6.07 Å². The van der Waals surface area contributed by atoms with E-state index in [0.717, 1.165) is 5.69 Å². The number of nitrogens with zero attached hydrogens (tertiary/aromatic N) is 3. The lowest BCUT2D eigenvalue weighted by Crippen LogP contribution is -2.45. The highest BCUT2D eigenvalue weighted by Gasteiger charge is 2.27. The number of hydrogen-bond acceptors (Lipinski definition) is 4. The number of amides is 1. The van der Waals surface area contributed by atoms with Crippen LogP contribution in [-0.4, -0.2) is 41.6 Å². The van der Waals surface area contributed by atoms with Gasteiger partial charge in [0.05, 0.1) is 40.0 Å². The number of aromatic nitrogens is 1. The number of morpholine rings is 1. The van der Waals surface area contributed by atoms with Crippen LogP contribution >= 0.6 is 27.5 Å². The summed E-state index contributed by atoms with van der Waals surface area (Å²) >= 11 is 9.46. The van der Waals surface area contributed by atoms with Crippen LogP contribution in [0.1, 0.15) is 16.1 Å². The molecule has 0 bridgehead atoms. The van der Waals surface area contributed by atoms with Crippen LogP contribution in [0.5, 0.6) is 0 Å². The summed E-state index contributed by atoms with van der Waals surface area (Å²) in [5.74, 6) is -0.234. The quantitative estimate of drug-likeness (QED) is 0.783. The number of carbonyl (C=O) groups is 1. The molecule has 2 heterocycles. The van der Waals surface area contributed by atoms with E-state index >= 15 is 0 Å². The van der Waals surface area contributed by atoms with Crippen LogP contribution in [-0.2, 0) is 4.74 Å². The van der Waals surface area contributed by atoms with Gasteiger partial charge in [0.2, 0.25) is 0 Å². The Bertz CT molecular complexity index is 559. The summed E-state index contributed by atoms with van der Waals surface area (Å²) in [5, 5.41) is 9.18. The van der Waals surface area contributed by atoms with Crippen LogP contribution in [0, 0.1) is 18.3 Å². The van der Waals surface area contributed by atoms with Crippen molar-refractivity contribution < 1.29 is 9.53 Å². The van der Waals surface area contributed by atoms with Crippen molar-refractivity contribution in [1.29, 1.82) is 5.26 Å². The molecule has 0 unspecified atom stereocenters. The van der Waals surface area contributed by atoms with Crippen molar-refractivity contribution in [3.05, 3.63) is 26.9 Å². The predicted molar refractivity (Wildman–Crippen MR) is 72.9 cm³/mol. The minimum atomic E-state index is -0.585. The molecular formula is C12H11BrClN3O2. The molecule has 1 aromatic rings. The molecular weight excluding hydrogens is 334 g/mol. The van der Waals surface area contributed by atoms with Gasteiger partial charge in [-0.25, -0.2) is 0 Å².